The van der Waals surface area contributed by atoms with Crippen LogP contribution in [0.25, 0.3) is 11.2 Å². The van der Waals surface area contributed by atoms with E-state index in [2.05, 4.69) is 9.72 Å². The summed E-state index contributed by atoms with van der Waals surface area (Å²) in [6.07, 6.45) is 9.70. The van der Waals surface area contributed by atoms with Gasteiger partial charge in [-0.05, 0) is 74.9 Å². The Hall–Kier alpha value is -2.99. The predicted octanol–water partition coefficient (Wildman–Crippen LogP) is 6.85. The van der Waals surface area contributed by atoms with Gasteiger partial charge in [0, 0.05) is 23.5 Å². The molecule has 0 amide bonds. The van der Waals surface area contributed by atoms with Gasteiger partial charge >= 0.3 is 0 Å². The number of benzene rings is 1. The molecule has 0 radical (unpaired) electrons. The van der Waals surface area contributed by atoms with Gasteiger partial charge in [0.25, 0.3) is 0 Å². The Morgan fingerprint density at radius 2 is 1.94 bits per heavy atom. The highest BCUT2D eigenvalue weighted by Crippen LogP contribution is 2.29. The minimum atomic E-state index is 0.139. The van der Waals surface area contributed by atoms with E-state index in [1.165, 1.54) is 32.1 Å². The van der Waals surface area contributed by atoms with E-state index in [1.807, 2.05) is 36.5 Å². The van der Waals surface area contributed by atoms with Crippen molar-refractivity contribution in [1.82, 2.24) is 9.38 Å². The third-order valence-electron chi connectivity index (χ3n) is 6.54. The fraction of sp³-hybridized carbons (Fsp3) is 0.407. The number of imidazole rings is 1. The summed E-state index contributed by atoms with van der Waals surface area (Å²) in [6, 6.07) is 10.2. The van der Waals surface area contributed by atoms with Crippen LogP contribution in [0.4, 0.5) is 5.82 Å². The van der Waals surface area contributed by atoms with E-state index in [0.717, 1.165) is 41.1 Å². The molecule has 0 atom stereocenters. The minimum Gasteiger partial charge on any atom is -0.512 e. The van der Waals surface area contributed by atoms with Gasteiger partial charge in [-0.1, -0.05) is 36.9 Å². The highest BCUT2D eigenvalue weighted by molar-refractivity contribution is 6.32. The van der Waals surface area contributed by atoms with Crippen LogP contribution in [0.1, 0.15) is 62.8 Å². The Labute approximate surface area is 206 Å². The third kappa shape index (κ3) is 5.22. The molecule has 1 aromatic carbocycles. The molecule has 0 bridgehead atoms. The second-order valence-corrected chi connectivity index (χ2v) is 9.49. The first-order chi connectivity index (χ1) is 16.4. The van der Waals surface area contributed by atoms with Crippen LogP contribution in [0.5, 0.6) is 5.75 Å². The van der Waals surface area contributed by atoms with Crippen LogP contribution in [0.2, 0.25) is 5.02 Å². The molecule has 0 aliphatic heterocycles. The Bertz CT molecular complexity index is 1220. The van der Waals surface area contributed by atoms with Gasteiger partial charge in [-0.15, -0.1) is 0 Å². The number of aryl methyl sites for hydroxylation is 2. The summed E-state index contributed by atoms with van der Waals surface area (Å²) in [7, 11) is 1.62. The number of methoxy groups -OCH3 is 1. The Morgan fingerprint density at radius 1 is 1.18 bits per heavy atom. The molecule has 0 unspecified atom stereocenters. The molecular formula is C27H33ClN4O2. The van der Waals surface area contributed by atoms with Crippen LogP contribution in [0.15, 0.2) is 42.3 Å². The summed E-state index contributed by atoms with van der Waals surface area (Å²) in [6.45, 7) is 3.30. The maximum absolute atomic E-state index is 10.1. The molecule has 7 heteroatoms. The average Bonchev–Trinajstić information content (AvgIpc) is 3.14. The Morgan fingerprint density at radius 3 is 2.59 bits per heavy atom. The smallest absolute Gasteiger partial charge is 0.139 e. The van der Waals surface area contributed by atoms with Crippen LogP contribution < -0.4 is 10.1 Å². The Kier molecular flexibility index (Phi) is 7.47. The normalized spacial score (nSPS) is 15.3. The maximum Gasteiger partial charge on any atom is 0.139 e. The van der Waals surface area contributed by atoms with Crippen LogP contribution in [0, 0.1) is 5.41 Å². The lowest BCUT2D eigenvalue weighted by molar-refractivity contribution is 0.415. The fourth-order valence-corrected chi connectivity index (χ4v) is 5.12. The highest BCUT2D eigenvalue weighted by atomic mass is 35.5. The summed E-state index contributed by atoms with van der Waals surface area (Å²) in [5.74, 6) is 1.85. The quantitative estimate of drug-likeness (QED) is 0.243. The number of nitrogens with zero attached hydrogens (tertiary/aromatic N) is 2. The van der Waals surface area contributed by atoms with Crippen molar-refractivity contribution in [3.8, 4) is 5.75 Å². The van der Waals surface area contributed by atoms with E-state index < -0.39 is 0 Å². The number of hydrogen-bond donors (Lipinski definition) is 3. The topological polar surface area (TPSA) is 82.6 Å². The van der Waals surface area contributed by atoms with Gasteiger partial charge in [-0.25, -0.2) is 4.98 Å². The highest BCUT2D eigenvalue weighted by Gasteiger charge is 2.20. The van der Waals surface area contributed by atoms with Gasteiger partial charge in [0.2, 0.25) is 0 Å². The monoisotopic (exact) mass is 480 g/mol. The number of anilines is 1. The molecular weight excluding hydrogens is 448 g/mol. The van der Waals surface area contributed by atoms with E-state index in [4.69, 9.17) is 26.7 Å². The second-order valence-electron chi connectivity index (χ2n) is 9.08. The lowest BCUT2D eigenvalue weighted by Gasteiger charge is -2.24. The molecule has 3 aromatic rings. The van der Waals surface area contributed by atoms with E-state index >= 15 is 0 Å². The van der Waals surface area contributed by atoms with Crippen LogP contribution in [0.3, 0.4) is 0 Å². The number of allylic oxidation sites excluding steroid dienone is 2. The number of aliphatic hydroxyl groups is 1. The van der Waals surface area contributed by atoms with Gasteiger partial charge in [-0.2, -0.15) is 0 Å². The number of nitrogens with one attached hydrogen (secondary N) is 2. The predicted molar refractivity (Wildman–Crippen MR) is 140 cm³/mol. The number of fused-ring (bicyclic) bond motifs is 1. The standard InChI is InChI=1S/C27H33ClN4O2/c1-17(29)26(18(2)33)20-13-14-32-25(16-20)31-23(27(32)30-21-7-5-4-6-8-21)11-9-19-10-12-24(34-3)22(28)15-19/h10,12-16,21,29-30,33H,4-9,11H2,1-3H3/b26-18+,29-17?. The molecule has 3 N–H and O–H groups in total. The SMILES string of the molecule is COc1ccc(CCc2nc3cc(/C(C(C)=N)=C(\C)O)ccn3c2NC2CCCCC2)cc1Cl. The van der Waals surface area contributed by atoms with E-state index in [0.29, 0.717) is 28.1 Å². The van der Waals surface area contributed by atoms with Crippen molar-refractivity contribution in [3.05, 3.63) is 64.1 Å². The Balaban J connectivity index is 1.69. The van der Waals surface area contributed by atoms with Crippen molar-refractivity contribution >= 4 is 34.4 Å². The average molecular weight is 481 g/mol. The molecule has 2 heterocycles. The van der Waals surface area contributed by atoms with E-state index in [1.54, 1.807) is 21.0 Å². The van der Waals surface area contributed by atoms with Crippen LogP contribution in [-0.4, -0.2) is 33.4 Å². The van der Waals surface area contributed by atoms with Gasteiger partial charge in [0.1, 0.15) is 17.2 Å². The first-order valence-electron chi connectivity index (χ1n) is 11.9. The molecule has 0 spiro atoms. The zero-order valence-electron chi connectivity index (χ0n) is 20.1. The zero-order valence-corrected chi connectivity index (χ0v) is 20.9. The summed E-state index contributed by atoms with van der Waals surface area (Å²) in [4.78, 5) is 4.98. The number of pyridine rings is 1. The second kappa shape index (κ2) is 10.5. The van der Waals surface area contributed by atoms with Crippen molar-refractivity contribution in [2.75, 3.05) is 12.4 Å². The van der Waals surface area contributed by atoms with Crippen molar-refractivity contribution in [3.63, 3.8) is 0 Å². The molecule has 1 aliphatic rings. The van der Waals surface area contributed by atoms with Gasteiger partial charge in [0.05, 0.1) is 23.6 Å². The lowest BCUT2D eigenvalue weighted by atomic mass is 9.95. The van der Waals surface area contributed by atoms with Crippen LogP contribution >= 0.6 is 11.6 Å². The molecule has 0 saturated heterocycles. The molecule has 34 heavy (non-hydrogen) atoms. The number of aliphatic hydroxyl groups excluding tert-OH is 1. The summed E-state index contributed by atoms with van der Waals surface area (Å²) >= 11 is 6.33. The number of aromatic nitrogens is 2. The summed E-state index contributed by atoms with van der Waals surface area (Å²) < 4.78 is 7.37. The van der Waals surface area contributed by atoms with E-state index in [-0.39, 0.29) is 5.76 Å². The minimum absolute atomic E-state index is 0.139. The summed E-state index contributed by atoms with van der Waals surface area (Å²) in [5.41, 5.74) is 4.61. The molecule has 6 nitrogen and oxygen atoms in total. The number of rotatable bonds is 8. The maximum atomic E-state index is 10.1. The lowest BCUT2D eigenvalue weighted by Crippen LogP contribution is -2.23. The zero-order chi connectivity index (χ0) is 24.2. The van der Waals surface area contributed by atoms with Gasteiger partial charge in [-0.3, -0.25) is 4.40 Å². The molecule has 1 saturated carbocycles. The molecule has 4 rings (SSSR count). The molecule has 2 aromatic heterocycles. The molecule has 180 valence electrons. The largest absolute Gasteiger partial charge is 0.512 e. The number of halogens is 1. The van der Waals surface area contributed by atoms with Crippen molar-refractivity contribution in [1.29, 1.82) is 5.41 Å². The van der Waals surface area contributed by atoms with Gasteiger partial charge in [0.15, 0.2) is 0 Å². The van der Waals surface area contributed by atoms with Crippen molar-refractivity contribution in [2.45, 2.75) is 64.8 Å². The van der Waals surface area contributed by atoms with E-state index in [9.17, 15) is 5.11 Å². The van der Waals surface area contributed by atoms with Crippen LogP contribution in [-0.2, 0) is 12.8 Å². The number of ether oxygens (including phenoxy) is 1. The van der Waals surface area contributed by atoms with Crippen molar-refractivity contribution in [2.24, 2.45) is 0 Å². The fourth-order valence-electron chi connectivity index (χ4n) is 4.84. The molecule has 1 aliphatic carbocycles. The molecule has 1 fully saturated rings. The summed E-state index contributed by atoms with van der Waals surface area (Å²) in [5, 5.41) is 22.6. The first-order valence-corrected chi connectivity index (χ1v) is 12.3. The van der Waals surface area contributed by atoms with Gasteiger partial charge < -0.3 is 20.6 Å². The number of hydrogen-bond acceptors (Lipinski definition) is 5. The first kappa shape index (κ1) is 24.1. The van der Waals surface area contributed by atoms with Crippen molar-refractivity contribution < 1.29 is 9.84 Å². The third-order valence-corrected chi connectivity index (χ3v) is 6.83.